The predicted molar refractivity (Wildman–Crippen MR) is 315 cm³/mol. The van der Waals surface area contributed by atoms with E-state index in [1.54, 1.807) is 11.8 Å². The Bertz CT molecular complexity index is 1690. The third kappa shape index (κ3) is 19.7. The third-order valence-electron chi connectivity index (χ3n) is 18.2. The van der Waals surface area contributed by atoms with E-state index < -0.39 is 29.7 Å². The minimum atomic E-state index is -2.15. The van der Waals surface area contributed by atoms with Crippen LogP contribution in [0.1, 0.15) is 237 Å². The van der Waals surface area contributed by atoms with Gasteiger partial charge in [0.1, 0.15) is 17.0 Å². The Morgan fingerprint density at radius 3 is 1.53 bits per heavy atom. The highest BCUT2D eigenvalue weighted by atomic mass is 32.2. The average molecular weight is 1080 g/mol. The lowest BCUT2D eigenvalue weighted by Gasteiger charge is -2.41. The van der Waals surface area contributed by atoms with Gasteiger partial charge < -0.3 is 27.5 Å². The molecule has 1 aromatic carbocycles. The summed E-state index contributed by atoms with van der Waals surface area (Å²) in [6.07, 6.45) is 29.7. The van der Waals surface area contributed by atoms with Gasteiger partial charge in [0.05, 0.1) is 36.6 Å². The van der Waals surface area contributed by atoms with Gasteiger partial charge in [0, 0.05) is 17.7 Å². The van der Waals surface area contributed by atoms with Crippen molar-refractivity contribution >= 4 is 42.7 Å². The first-order valence-corrected chi connectivity index (χ1v) is 39.4. The van der Waals surface area contributed by atoms with Crippen molar-refractivity contribution in [3.8, 4) is 0 Å². The maximum Gasteiger partial charge on any atom is 0.322 e. The molecule has 11 heteroatoms. The molecule has 4 rings (SSSR count). The van der Waals surface area contributed by atoms with Crippen molar-refractivity contribution in [2.75, 3.05) is 0 Å². The summed E-state index contributed by atoms with van der Waals surface area (Å²) in [7, 11) is -6.37. The average Bonchev–Trinajstić information content (AvgIpc) is 4.00. The minimum absolute atomic E-state index is 0.00512. The Balaban J connectivity index is 1.44. The first-order chi connectivity index (χ1) is 33.6. The molecule has 0 radical (unpaired) electrons. The second-order valence-corrected chi connectivity index (χ2v) is 43.3. The molecule has 1 unspecified atom stereocenters. The third-order valence-corrected chi connectivity index (χ3v) is 33.2. The molecule has 1 aromatic rings. The quantitative estimate of drug-likeness (QED) is 0.0392. The highest BCUT2D eigenvalue weighted by Gasteiger charge is 2.53. The van der Waals surface area contributed by atoms with Crippen molar-refractivity contribution in [3.05, 3.63) is 30.3 Å². The smallest absolute Gasteiger partial charge is 0.322 e. The van der Waals surface area contributed by atoms with Crippen LogP contribution in [0.4, 0.5) is 0 Å². The van der Waals surface area contributed by atoms with Gasteiger partial charge in [0.2, 0.25) is 0 Å². The van der Waals surface area contributed by atoms with E-state index in [1.807, 2.05) is 13.0 Å². The number of carbonyl (C=O) groups is 1. The number of unbranched alkanes of at least 4 members (excludes halogenated alkanes) is 16. The molecule has 0 aromatic heterocycles. The summed E-state index contributed by atoms with van der Waals surface area (Å²) in [6, 6.07) is 10.4. The van der Waals surface area contributed by atoms with Gasteiger partial charge in [-0.05, 0) is 106 Å². The van der Waals surface area contributed by atoms with Crippen molar-refractivity contribution in [2.24, 2.45) is 0 Å². The van der Waals surface area contributed by atoms with E-state index in [9.17, 15) is 4.79 Å². The number of ether oxygens (including phenoxy) is 3. The zero-order valence-corrected chi connectivity index (χ0v) is 53.8. The Kier molecular flexibility index (Phi) is 25.7. The fourth-order valence-electron chi connectivity index (χ4n) is 10.5. The summed E-state index contributed by atoms with van der Waals surface area (Å²) < 4.78 is 42.3. The van der Waals surface area contributed by atoms with Crippen LogP contribution in [0.3, 0.4) is 0 Å². The molecule has 0 bridgehead atoms. The fraction of sp³-hybridized carbons (Fsp3) is 0.885. The van der Waals surface area contributed by atoms with Crippen molar-refractivity contribution in [3.63, 3.8) is 0 Å². The molecule has 3 fully saturated rings. The molecule has 0 aliphatic carbocycles. The van der Waals surface area contributed by atoms with Crippen LogP contribution in [0.5, 0.6) is 0 Å². The zero-order chi connectivity index (χ0) is 53.4. The monoisotopic (exact) mass is 1070 g/mol. The summed E-state index contributed by atoms with van der Waals surface area (Å²) >= 11 is 1.70. The van der Waals surface area contributed by atoms with Gasteiger partial charge in [-0.15, -0.1) is 11.8 Å². The van der Waals surface area contributed by atoms with E-state index in [0.717, 1.165) is 69.1 Å². The maximum atomic E-state index is 13.4. The molecule has 0 saturated carbocycles. The lowest BCUT2D eigenvalue weighted by atomic mass is 9.95. The molecule has 0 N–H and O–H groups in total. The van der Waals surface area contributed by atoms with Crippen molar-refractivity contribution < 1.29 is 32.3 Å². The van der Waals surface area contributed by atoms with Gasteiger partial charge in [-0.2, -0.15) is 0 Å². The van der Waals surface area contributed by atoms with Gasteiger partial charge >= 0.3 is 5.97 Å². The number of hydrogen-bond acceptors (Lipinski definition) is 8. The molecule has 72 heavy (non-hydrogen) atoms. The van der Waals surface area contributed by atoms with Crippen LogP contribution in [0.15, 0.2) is 35.2 Å². The van der Waals surface area contributed by atoms with Crippen LogP contribution in [0, 0.1) is 0 Å². The van der Waals surface area contributed by atoms with E-state index >= 15 is 0 Å². The maximum absolute atomic E-state index is 13.4. The van der Waals surface area contributed by atoms with Crippen molar-refractivity contribution in [1.29, 1.82) is 0 Å². The van der Waals surface area contributed by atoms with E-state index in [-0.39, 0.29) is 69.9 Å². The summed E-state index contributed by atoms with van der Waals surface area (Å²) in [5, 5.41) is 0.275. The summed E-state index contributed by atoms with van der Waals surface area (Å²) in [4.78, 5) is 14.5. The molecular weight excluding hydrogens is 961 g/mol. The molecule has 7 nitrogen and oxygen atoms in total. The highest BCUT2D eigenvalue weighted by molar-refractivity contribution is 8.01. The molecule has 418 valence electrons. The van der Waals surface area contributed by atoms with Crippen LogP contribution in [-0.4, -0.2) is 84.5 Å². The van der Waals surface area contributed by atoms with Crippen molar-refractivity contribution in [1.82, 2.24) is 0 Å². The van der Waals surface area contributed by atoms with Gasteiger partial charge in [0.15, 0.2) is 25.0 Å². The number of carbonyl (C=O) groups excluding carboxylic acids is 1. The number of hydrogen-bond donors (Lipinski definition) is 0. The first kappa shape index (κ1) is 64.0. The number of rotatable bonds is 33. The van der Waals surface area contributed by atoms with Gasteiger partial charge in [-0.3, -0.25) is 4.79 Å². The number of thioether (sulfide) groups is 1. The second-order valence-electron chi connectivity index (χ2n) is 27.6. The number of benzene rings is 1. The topological polar surface area (TPSA) is 72.5 Å². The summed E-state index contributed by atoms with van der Waals surface area (Å²) in [5.41, 5.74) is 0. The van der Waals surface area contributed by atoms with Crippen molar-refractivity contribution in [2.45, 2.75) is 350 Å². The van der Waals surface area contributed by atoms with E-state index in [0.29, 0.717) is 0 Å². The Morgan fingerprint density at radius 1 is 0.611 bits per heavy atom. The summed E-state index contributed by atoms with van der Waals surface area (Å²) in [5.74, 6) is -0.0523. The zero-order valence-electron chi connectivity index (χ0n) is 49.9. The van der Waals surface area contributed by atoms with E-state index in [4.69, 9.17) is 27.5 Å². The lowest BCUT2D eigenvalue weighted by Crippen LogP contribution is -2.49. The molecule has 3 aliphatic heterocycles. The van der Waals surface area contributed by atoms with E-state index in [2.05, 4.69) is 133 Å². The van der Waals surface area contributed by atoms with Crippen LogP contribution >= 0.6 is 11.8 Å². The SMILES string of the molecule is CCCCCCCCCCCCCCCCC[C@H](O[Si](C)(C)C(C)(C)C)[C@@H]1C[C@@H](O[Si](C)(C)C(C)(C)C)[C@@H]([C@@H]2CC[C@@H]([C@H](CCCCCC3(Sc4ccccc4)C[C@H](C)OC3=O)O[Si](C)(C)C(C)(C)C)O2)O1. The standard InChI is InChI=1S/C61H114O7SSi3/c1-18-19-20-21-22-23-24-25-26-27-28-29-30-31-36-42-52(67-71(14,15)59(6,7)8)54-46-55(68-72(16,17)60(9,10)11)56(65-54)53-44-43-50(64-53)51(66-70(12,13)58(3,4)5)41-37-33-38-45-61(47-48(2)63-57(61)62)69-49-39-34-32-35-40-49/h32,34-35,39-40,48,50-56H,18-31,33,36-38,41-47H2,1-17H3/t48-,50-,51-,52-,53-,54-,55+,56+,61?/m0/s1. The summed E-state index contributed by atoms with van der Waals surface area (Å²) in [6.45, 7) is 39.9. The highest BCUT2D eigenvalue weighted by Crippen LogP contribution is 2.48. The fourth-order valence-corrected chi connectivity index (χ4v) is 16.0. The van der Waals surface area contributed by atoms with Crippen LogP contribution in [0.2, 0.25) is 54.4 Å². The lowest BCUT2D eigenvalue weighted by molar-refractivity contribution is -0.142. The normalized spacial score (nSPS) is 25.6. The Morgan fingerprint density at radius 2 is 1.07 bits per heavy atom. The number of esters is 1. The van der Waals surface area contributed by atoms with Gasteiger partial charge in [-0.25, -0.2) is 0 Å². The largest absolute Gasteiger partial charge is 0.462 e. The predicted octanol–water partition coefficient (Wildman–Crippen LogP) is 18.9. The Hall–Kier alpha value is -0.509. The minimum Gasteiger partial charge on any atom is -0.462 e. The molecular formula is C61H114O7SSi3. The molecule has 3 aliphatic rings. The van der Waals surface area contributed by atoms with Gasteiger partial charge in [0.25, 0.3) is 0 Å². The molecule has 3 saturated heterocycles. The molecule has 0 spiro atoms. The second kappa shape index (κ2) is 28.9. The van der Waals surface area contributed by atoms with Crippen LogP contribution in [0.25, 0.3) is 0 Å². The van der Waals surface area contributed by atoms with Crippen LogP contribution < -0.4 is 0 Å². The van der Waals surface area contributed by atoms with Crippen LogP contribution in [-0.2, 0) is 32.3 Å². The van der Waals surface area contributed by atoms with E-state index in [1.165, 1.54) is 96.3 Å². The first-order valence-electron chi connectivity index (χ1n) is 29.9. The Labute approximate surface area is 452 Å². The molecule has 3 heterocycles. The number of cyclic esters (lactones) is 1. The van der Waals surface area contributed by atoms with Gasteiger partial charge in [-0.1, -0.05) is 203 Å². The molecule has 0 amide bonds. The molecule has 9 atom stereocenters.